The number of carbonyl (C=O) groups is 1. The summed E-state index contributed by atoms with van der Waals surface area (Å²) < 4.78 is 27.0. The van der Waals surface area contributed by atoms with Crippen LogP contribution in [0, 0.1) is 5.92 Å². The molecule has 0 saturated carbocycles. The molecule has 0 atom stereocenters. The zero-order valence-corrected chi connectivity index (χ0v) is 15.7. The van der Waals surface area contributed by atoms with Crippen LogP contribution in [0.15, 0.2) is 59.5 Å². The minimum atomic E-state index is -3.48. The fourth-order valence-corrected chi connectivity index (χ4v) is 4.50. The highest BCUT2D eigenvalue weighted by Gasteiger charge is 2.28. The molecule has 0 bridgehead atoms. The molecular weight excluding hydrogens is 348 g/mol. The van der Waals surface area contributed by atoms with E-state index in [-0.39, 0.29) is 17.2 Å². The van der Waals surface area contributed by atoms with Gasteiger partial charge in [-0.3, -0.25) is 4.79 Å². The van der Waals surface area contributed by atoms with Crippen LogP contribution < -0.4 is 5.32 Å². The number of ketones is 1. The molecule has 0 amide bonds. The Morgan fingerprint density at radius 2 is 1.65 bits per heavy atom. The van der Waals surface area contributed by atoms with Crippen molar-refractivity contribution in [2.75, 3.05) is 25.0 Å². The molecule has 1 N–H and O–H groups in total. The Kier molecular flexibility index (Phi) is 5.74. The van der Waals surface area contributed by atoms with Gasteiger partial charge in [-0.15, -0.1) is 0 Å². The van der Waals surface area contributed by atoms with Crippen LogP contribution in [0.2, 0.25) is 0 Å². The lowest BCUT2D eigenvalue weighted by molar-refractivity contribution is 0.101. The first-order chi connectivity index (χ1) is 12.5. The molecule has 6 heteroatoms. The summed E-state index contributed by atoms with van der Waals surface area (Å²) in [6.45, 7) is 3.43. The molecule has 0 radical (unpaired) electrons. The van der Waals surface area contributed by atoms with E-state index < -0.39 is 10.0 Å². The second-order valence-corrected chi connectivity index (χ2v) is 8.69. The van der Waals surface area contributed by atoms with E-state index in [1.54, 1.807) is 16.4 Å². The fraction of sp³-hybridized carbons (Fsp3) is 0.350. The van der Waals surface area contributed by atoms with Crippen LogP contribution in [-0.2, 0) is 10.0 Å². The summed E-state index contributed by atoms with van der Waals surface area (Å²) in [7, 11) is -3.48. The monoisotopic (exact) mass is 372 g/mol. The van der Waals surface area contributed by atoms with Gasteiger partial charge >= 0.3 is 0 Å². The van der Waals surface area contributed by atoms with Gasteiger partial charge in [0.1, 0.15) is 0 Å². The van der Waals surface area contributed by atoms with Gasteiger partial charge in [-0.1, -0.05) is 25.1 Å². The van der Waals surface area contributed by atoms with E-state index in [0.29, 0.717) is 24.6 Å². The number of nitrogens with zero attached hydrogens (tertiary/aromatic N) is 1. The number of carbonyl (C=O) groups excluding carboxylic acids is 1. The maximum absolute atomic E-state index is 12.7. The Labute approximate surface area is 155 Å². The first kappa shape index (κ1) is 18.6. The number of Topliss-reactive ketones (excluding diaryl/α,β-unsaturated/α-hetero) is 1. The van der Waals surface area contributed by atoms with Crippen LogP contribution in [-0.4, -0.2) is 38.1 Å². The van der Waals surface area contributed by atoms with Gasteiger partial charge in [0.2, 0.25) is 10.0 Å². The Balaban J connectivity index is 1.65. The lowest BCUT2D eigenvalue weighted by Crippen LogP contribution is -2.37. The van der Waals surface area contributed by atoms with Crippen LogP contribution in [0.25, 0.3) is 0 Å². The van der Waals surface area contributed by atoms with E-state index in [1.165, 1.54) is 12.1 Å². The molecule has 1 aliphatic rings. The summed E-state index contributed by atoms with van der Waals surface area (Å²) in [6, 6.07) is 15.7. The van der Waals surface area contributed by atoms with Crippen LogP contribution in [0.5, 0.6) is 0 Å². The number of anilines is 1. The topological polar surface area (TPSA) is 66.5 Å². The fourth-order valence-electron chi connectivity index (χ4n) is 3.03. The Bertz CT molecular complexity index is 840. The van der Waals surface area contributed by atoms with Crippen molar-refractivity contribution in [3.05, 3.63) is 60.2 Å². The van der Waals surface area contributed by atoms with E-state index in [4.69, 9.17) is 0 Å². The predicted molar refractivity (Wildman–Crippen MR) is 103 cm³/mol. The van der Waals surface area contributed by atoms with Crippen molar-refractivity contribution < 1.29 is 13.2 Å². The van der Waals surface area contributed by atoms with Gasteiger partial charge in [0.05, 0.1) is 11.4 Å². The van der Waals surface area contributed by atoms with E-state index in [2.05, 4.69) is 12.2 Å². The number of sulfonamides is 1. The van der Waals surface area contributed by atoms with Gasteiger partial charge in [0, 0.05) is 24.3 Å². The number of rotatable bonds is 6. The molecule has 3 rings (SSSR count). The molecule has 0 unspecified atom stereocenters. The summed E-state index contributed by atoms with van der Waals surface area (Å²) in [5.74, 6) is 0.489. The molecular formula is C20H24N2O3S. The zero-order valence-electron chi connectivity index (χ0n) is 14.9. The molecule has 1 aliphatic heterocycles. The third-order valence-corrected chi connectivity index (χ3v) is 6.70. The van der Waals surface area contributed by atoms with Crippen molar-refractivity contribution in [2.45, 2.75) is 24.7 Å². The van der Waals surface area contributed by atoms with Gasteiger partial charge in [-0.2, -0.15) is 4.31 Å². The molecule has 5 nitrogen and oxygen atoms in total. The van der Waals surface area contributed by atoms with Crippen molar-refractivity contribution in [1.82, 2.24) is 4.31 Å². The minimum Gasteiger partial charge on any atom is -0.378 e. The summed E-state index contributed by atoms with van der Waals surface area (Å²) in [6.07, 6.45) is 1.78. The van der Waals surface area contributed by atoms with E-state index in [0.717, 1.165) is 18.5 Å². The van der Waals surface area contributed by atoms with E-state index in [9.17, 15) is 13.2 Å². The highest BCUT2D eigenvalue weighted by Crippen LogP contribution is 2.23. The molecule has 2 aromatic rings. The van der Waals surface area contributed by atoms with Crippen LogP contribution in [0.4, 0.5) is 5.69 Å². The molecule has 0 aromatic heterocycles. The minimum absolute atomic E-state index is 0.0791. The molecule has 138 valence electrons. The standard InChI is InChI=1S/C20H24N2O3S/c1-16-11-13-22(14-12-16)26(24,25)19-9-7-17(8-10-19)20(23)15-21-18-5-3-2-4-6-18/h2-10,16,21H,11-15H2,1H3. The number of benzene rings is 2. The molecule has 1 heterocycles. The number of nitrogens with one attached hydrogen (secondary N) is 1. The summed E-state index contributed by atoms with van der Waals surface area (Å²) >= 11 is 0. The smallest absolute Gasteiger partial charge is 0.243 e. The van der Waals surface area contributed by atoms with Crippen molar-refractivity contribution >= 4 is 21.5 Å². The van der Waals surface area contributed by atoms with Gasteiger partial charge in [0.25, 0.3) is 0 Å². The summed E-state index contributed by atoms with van der Waals surface area (Å²) in [5, 5.41) is 3.07. The molecule has 1 fully saturated rings. The molecule has 0 aliphatic carbocycles. The quantitative estimate of drug-likeness (QED) is 0.789. The van der Waals surface area contributed by atoms with Gasteiger partial charge in [0.15, 0.2) is 5.78 Å². The van der Waals surface area contributed by atoms with Crippen LogP contribution >= 0.6 is 0 Å². The second kappa shape index (κ2) is 8.01. The summed E-state index contributed by atoms with van der Waals surface area (Å²) in [4.78, 5) is 12.5. The third kappa shape index (κ3) is 4.31. The normalized spacial score (nSPS) is 16.3. The highest BCUT2D eigenvalue weighted by molar-refractivity contribution is 7.89. The SMILES string of the molecule is CC1CCN(S(=O)(=O)c2ccc(C(=O)CNc3ccccc3)cc2)CC1. The Morgan fingerprint density at radius 1 is 1.04 bits per heavy atom. The maximum atomic E-state index is 12.7. The van der Waals surface area contributed by atoms with E-state index >= 15 is 0 Å². The second-order valence-electron chi connectivity index (χ2n) is 6.75. The Morgan fingerprint density at radius 3 is 2.27 bits per heavy atom. The first-order valence-corrected chi connectivity index (χ1v) is 10.3. The average Bonchev–Trinajstić information content (AvgIpc) is 2.67. The third-order valence-electron chi connectivity index (χ3n) is 4.78. The maximum Gasteiger partial charge on any atom is 0.243 e. The van der Waals surface area contributed by atoms with Crippen molar-refractivity contribution in [1.29, 1.82) is 0 Å². The Hall–Kier alpha value is -2.18. The lowest BCUT2D eigenvalue weighted by atomic mass is 10.0. The van der Waals surface area contributed by atoms with Crippen molar-refractivity contribution in [3.63, 3.8) is 0 Å². The van der Waals surface area contributed by atoms with Gasteiger partial charge in [-0.05, 0) is 55.2 Å². The zero-order chi connectivity index (χ0) is 18.6. The predicted octanol–water partition coefficient (Wildman–Crippen LogP) is 3.40. The molecule has 2 aromatic carbocycles. The highest BCUT2D eigenvalue weighted by atomic mass is 32.2. The van der Waals surface area contributed by atoms with Crippen molar-refractivity contribution in [3.8, 4) is 0 Å². The molecule has 26 heavy (non-hydrogen) atoms. The van der Waals surface area contributed by atoms with Gasteiger partial charge < -0.3 is 5.32 Å². The number of hydrogen-bond donors (Lipinski definition) is 1. The lowest BCUT2D eigenvalue weighted by Gasteiger charge is -2.29. The average molecular weight is 372 g/mol. The summed E-state index contributed by atoms with van der Waals surface area (Å²) in [5.41, 5.74) is 1.37. The molecule has 0 spiro atoms. The first-order valence-electron chi connectivity index (χ1n) is 8.89. The van der Waals surface area contributed by atoms with Crippen LogP contribution in [0.3, 0.4) is 0 Å². The number of hydrogen-bond acceptors (Lipinski definition) is 4. The van der Waals surface area contributed by atoms with E-state index in [1.807, 2.05) is 30.3 Å². The largest absolute Gasteiger partial charge is 0.378 e. The number of piperidine rings is 1. The number of para-hydroxylation sites is 1. The van der Waals surface area contributed by atoms with Crippen molar-refractivity contribution in [2.24, 2.45) is 5.92 Å². The van der Waals surface area contributed by atoms with Gasteiger partial charge in [-0.25, -0.2) is 8.42 Å². The van der Waals surface area contributed by atoms with Crippen LogP contribution in [0.1, 0.15) is 30.1 Å². The molecule has 1 saturated heterocycles.